The van der Waals surface area contributed by atoms with Crippen molar-refractivity contribution in [3.8, 4) is 0 Å². The molecule has 0 amide bonds. The molecule has 1 atom stereocenters. The predicted molar refractivity (Wildman–Crippen MR) is 63.0 cm³/mol. The molecule has 0 aliphatic heterocycles. The number of anilines is 1. The number of hydrogen-bond donors (Lipinski definition) is 1. The second-order valence-corrected chi connectivity index (χ2v) is 5.61. The van der Waals surface area contributed by atoms with E-state index in [-0.39, 0.29) is 5.54 Å². The highest BCUT2D eigenvalue weighted by Gasteiger charge is 2.28. The molecule has 84 valence electrons. The highest BCUT2D eigenvalue weighted by atomic mass is 15.3. The van der Waals surface area contributed by atoms with Gasteiger partial charge in [0.05, 0.1) is 17.4 Å². The van der Waals surface area contributed by atoms with E-state index in [0.29, 0.717) is 6.04 Å². The van der Waals surface area contributed by atoms with Crippen molar-refractivity contribution in [1.29, 1.82) is 0 Å². The third-order valence-corrected chi connectivity index (χ3v) is 2.99. The number of nitrogens with zero attached hydrogens (tertiary/aromatic N) is 2. The first-order valence-corrected chi connectivity index (χ1v) is 5.78. The molecule has 0 saturated heterocycles. The predicted octanol–water partition coefficient (Wildman–Crippen LogP) is 2.85. The maximum atomic E-state index is 4.37. The summed E-state index contributed by atoms with van der Waals surface area (Å²) in [7, 11) is 0. The summed E-state index contributed by atoms with van der Waals surface area (Å²) in [5.74, 6) is 0.878. The fraction of sp³-hybridized carbons (Fsp3) is 0.750. The average molecular weight is 207 g/mol. The van der Waals surface area contributed by atoms with Gasteiger partial charge in [-0.05, 0) is 46.5 Å². The Kier molecular flexibility index (Phi) is 2.49. The number of hydrogen-bond acceptors (Lipinski definition) is 2. The van der Waals surface area contributed by atoms with Crippen molar-refractivity contribution >= 4 is 5.69 Å². The molecule has 3 heteroatoms. The van der Waals surface area contributed by atoms with Gasteiger partial charge in [-0.15, -0.1) is 0 Å². The van der Waals surface area contributed by atoms with E-state index in [9.17, 15) is 0 Å². The Balaban J connectivity index is 2.00. The lowest BCUT2D eigenvalue weighted by molar-refractivity contribution is 0.355. The Morgan fingerprint density at radius 2 is 2.13 bits per heavy atom. The third kappa shape index (κ3) is 2.52. The highest BCUT2D eigenvalue weighted by molar-refractivity contribution is 5.39. The van der Waals surface area contributed by atoms with Crippen LogP contribution in [0.5, 0.6) is 0 Å². The molecule has 0 aromatic carbocycles. The molecule has 1 aromatic heterocycles. The first-order valence-electron chi connectivity index (χ1n) is 5.78. The standard InChI is InChI=1S/C12H21N3/c1-9(10-5-6-10)14-11-7-13-15(8-11)12(2,3)4/h7-10,14H,5-6H2,1-4H3. The SMILES string of the molecule is CC(Nc1cnn(C(C)(C)C)c1)C1CC1. The number of aromatic nitrogens is 2. The summed E-state index contributed by atoms with van der Waals surface area (Å²) in [6, 6.07) is 0.586. The Labute approximate surface area is 91.9 Å². The molecular weight excluding hydrogens is 186 g/mol. The first-order chi connectivity index (χ1) is 6.97. The van der Waals surface area contributed by atoms with Gasteiger partial charge in [0.1, 0.15) is 0 Å². The molecule has 1 fully saturated rings. The Morgan fingerprint density at radius 3 is 2.60 bits per heavy atom. The van der Waals surface area contributed by atoms with E-state index >= 15 is 0 Å². The van der Waals surface area contributed by atoms with Crippen LogP contribution in [0.15, 0.2) is 12.4 Å². The van der Waals surface area contributed by atoms with Crippen molar-refractivity contribution in [3.05, 3.63) is 12.4 Å². The summed E-state index contributed by atoms with van der Waals surface area (Å²) in [5.41, 5.74) is 1.22. The molecule has 0 spiro atoms. The average Bonchev–Trinajstić information content (AvgIpc) is 2.86. The molecule has 0 bridgehead atoms. The van der Waals surface area contributed by atoms with Crippen molar-refractivity contribution in [2.45, 2.75) is 52.1 Å². The van der Waals surface area contributed by atoms with Crippen LogP contribution in [-0.4, -0.2) is 15.8 Å². The van der Waals surface area contributed by atoms with Crippen molar-refractivity contribution < 1.29 is 0 Å². The van der Waals surface area contributed by atoms with Crippen LogP contribution in [0.25, 0.3) is 0 Å². The maximum absolute atomic E-state index is 4.37. The molecule has 2 rings (SSSR count). The largest absolute Gasteiger partial charge is 0.380 e. The molecule has 3 nitrogen and oxygen atoms in total. The van der Waals surface area contributed by atoms with Gasteiger partial charge in [0.2, 0.25) is 0 Å². The second-order valence-electron chi connectivity index (χ2n) is 5.61. The lowest BCUT2D eigenvalue weighted by atomic mass is 10.1. The minimum atomic E-state index is 0.0722. The summed E-state index contributed by atoms with van der Waals surface area (Å²) in [6.45, 7) is 8.74. The lowest BCUT2D eigenvalue weighted by Crippen LogP contribution is -2.22. The summed E-state index contributed by atoms with van der Waals surface area (Å²) >= 11 is 0. The Bertz CT molecular complexity index is 331. The van der Waals surface area contributed by atoms with Crippen molar-refractivity contribution in [2.24, 2.45) is 5.92 Å². The van der Waals surface area contributed by atoms with E-state index < -0.39 is 0 Å². The van der Waals surface area contributed by atoms with Crippen LogP contribution in [0.2, 0.25) is 0 Å². The zero-order valence-corrected chi connectivity index (χ0v) is 10.1. The normalized spacial score (nSPS) is 18.9. The molecule has 15 heavy (non-hydrogen) atoms. The van der Waals surface area contributed by atoms with Gasteiger partial charge >= 0.3 is 0 Å². The molecule has 1 aliphatic carbocycles. The van der Waals surface area contributed by atoms with Crippen LogP contribution in [0, 0.1) is 5.92 Å². The van der Waals surface area contributed by atoms with Gasteiger partial charge in [-0.25, -0.2) is 0 Å². The van der Waals surface area contributed by atoms with E-state index in [1.165, 1.54) is 12.8 Å². The van der Waals surface area contributed by atoms with Gasteiger partial charge in [-0.3, -0.25) is 4.68 Å². The van der Waals surface area contributed by atoms with E-state index in [1.807, 2.05) is 10.9 Å². The fourth-order valence-corrected chi connectivity index (χ4v) is 1.74. The highest BCUT2D eigenvalue weighted by Crippen LogP contribution is 2.33. The van der Waals surface area contributed by atoms with Gasteiger partial charge in [-0.1, -0.05) is 0 Å². The van der Waals surface area contributed by atoms with Crippen LogP contribution >= 0.6 is 0 Å². The van der Waals surface area contributed by atoms with E-state index in [2.05, 4.69) is 44.3 Å². The third-order valence-electron chi connectivity index (χ3n) is 2.99. The smallest absolute Gasteiger partial charge is 0.0728 e. The molecular formula is C12H21N3. The van der Waals surface area contributed by atoms with Gasteiger partial charge < -0.3 is 5.32 Å². The van der Waals surface area contributed by atoms with E-state index in [0.717, 1.165) is 11.6 Å². The molecule has 1 saturated carbocycles. The topological polar surface area (TPSA) is 29.9 Å². The minimum absolute atomic E-state index is 0.0722. The first kappa shape index (κ1) is 10.5. The Hall–Kier alpha value is -0.990. The zero-order valence-electron chi connectivity index (χ0n) is 10.1. The van der Waals surface area contributed by atoms with Crippen LogP contribution in [0.3, 0.4) is 0 Å². The monoisotopic (exact) mass is 207 g/mol. The molecule has 1 N–H and O–H groups in total. The molecule has 1 unspecified atom stereocenters. The van der Waals surface area contributed by atoms with E-state index in [1.54, 1.807) is 0 Å². The number of nitrogens with one attached hydrogen (secondary N) is 1. The quantitative estimate of drug-likeness (QED) is 0.826. The van der Waals surface area contributed by atoms with Gasteiger partial charge in [0.25, 0.3) is 0 Å². The fourth-order valence-electron chi connectivity index (χ4n) is 1.74. The maximum Gasteiger partial charge on any atom is 0.0728 e. The van der Waals surface area contributed by atoms with Gasteiger partial charge in [0.15, 0.2) is 0 Å². The van der Waals surface area contributed by atoms with Gasteiger partial charge in [-0.2, -0.15) is 5.10 Å². The van der Waals surface area contributed by atoms with Crippen molar-refractivity contribution in [1.82, 2.24) is 9.78 Å². The minimum Gasteiger partial charge on any atom is -0.380 e. The van der Waals surface area contributed by atoms with Crippen LogP contribution in [0.4, 0.5) is 5.69 Å². The summed E-state index contributed by atoms with van der Waals surface area (Å²) < 4.78 is 2.01. The molecule has 1 aliphatic rings. The van der Waals surface area contributed by atoms with Crippen LogP contribution < -0.4 is 5.32 Å². The van der Waals surface area contributed by atoms with Crippen molar-refractivity contribution in [2.75, 3.05) is 5.32 Å². The molecule has 1 aromatic rings. The Morgan fingerprint density at radius 1 is 1.47 bits per heavy atom. The molecule has 1 heterocycles. The second kappa shape index (κ2) is 3.54. The van der Waals surface area contributed by atoms with Crippen LogP contribution in [0.1, 0.15) is 40.5 Å². The van der Waals surface area contributed by atoms with Gasteiger partial charge in [0, 0.05) is 12.2 Å². The molecule has 0 radical (unpaired) electrons. The zero-order chi connectivity index (χ0) is 11.1. The van der Waals surface area contributed by atoms with E-state index in [4.69, 9.17) is 0 Å². The van der Waals surface area contributed by atoms with Crippen molar-refractivity contribution in [3.63, 3.8) is 0 Å². The summed E-state index contributed by atoms with van der Waals surface area (Å²) in [4.78, 5) is 0. The van der Waals surface area contributed by atoms with Crippen LogP contribution in [-0.2, 0) is 5.54 Å². The number of rotatable bonds is 3. The summed E-state index contributed by atoms with van der Waals surface area (Å²) in [5, 5.41) is 7.89. The lowest BCUT2D eigenvalue weighted by Gasteiger charge is -2.19. The summed E-state index contributed by atoms with van der Waals surface area (Å²) in [6.07, 6.45) is 6.77.